The third kappa shape index (κ3) is 4.14. The fraction of sp³-hybridized carbons (Fsp3) is 0.692. The smallest absolute Gasteiger partial charge is 0.320 e. The van der Waals surface area contributed by atoms with Crippen molar-refractivity contribution in [3.63, 3.8) is 0 Å². The van der Waals surface area contributed by atoms with E-state index in [0.717, 1.165) is 44.9 Å². The fourth-order valence-corrected chi connectivity index (χ4v) is 6.13. The fourth-order valence-electron chi connectivity index (χ4n) is 6.13. The summed E-state index contributed by atoms with van der Waals surface area (Å²) < 4.78 is 0. The number of benzene rings is 1. The van der Waals surface area contributed by atoms with Crippen molar-refractivity contribution >= 4 is 11.9 Å². The van der Waals surface area contributed by atoms with Gasteiger partial charge in [-0.3, -0.25) is 9.69 Å². The van der Waals surface area contributed by atoms with E-state index in [-0.39, 0.29) is 17.1 Å². The van der Waals surface area contributed by atoms with Crippen molar-refractivity contribution in [2.45, 2.75) is 75.5 Å². The molecule has 0 bridgehead atoms. The minimum Gasteiger partial charge on any atom is -0.388 e. The molecule has 1 aromatic rings. The Morgan fingerprint density at radius 2 is 1.70 bits per heavy atom. The van der Waals surface area contributed by atoms with E-state index in [9.17, 15) is 14.7 Å². The van der Waals surface area contributed by atoms with Crippen molar-refractivity contribution in [3.8, 4) is 0 Å². The Balaban J connectivity index is 1.62. The highest BCUT2D eigenvalue weighted by molar-refractivity contribution is 5.83. The Kier molecular flexibility index (Phi) is 6.02. The van der Waals surface area contributed by atoms with Crippen molar-refractivity contribution in [1.29, 1.82) is 0 Å². The van der Waals surface area contributed by atoms with Crippen molar-refractivity contribution < 1.29 is 14.7 Å². The van der Waals surface area contributed by atoms with Gasteiger partial charge in [-0.05, 0) is 78.5 Å². The van der Waals surface area contributed by atoms with Gasteiger partial charge in [0, 0.05) is 18.6 Å². The van der Waals surface area contributed by atoms with Crippen LogP contribution in [-0.4, -0.2) is 76.6 Å². The van der Waals surface area contributed by atoms with Crippen LogP contribution in [0.25, 0.3) is 0 Å². The largest absolute Gasteiger partial charge is 0.388 e. The average Bonchev–Trinajstić information content (AvgIpc) is 2.98. The maximum Gasteiger partial charge on any atom is 0.320 e. The number of hydrogen-bond donors (Lipinski definition) is 2. The molecule has 3 aliphatic rings. The molecule has 0 atom stereocenters. The summed E-state index contributed by atoms with van der Waals surface area (Å²) in [5.41, 5.74) is 4.95. The second-order valence-electron chi connectivity index (χ2n) is 11.6. The van der Waals surface area contributed by atoms with Crippen molar-refractivity contribution in [2.75, 3.05) is 33.7 Å². The first-order valence-corrected chi connectivity index (χ1v) is 12.3. The molecule has 7 heteroatoms. The molecule has 3 fully saturated rings. The molecule has 1 spiro atoms. The zero-order valence-electron chi connectivity index (χ0n) is 20.6. The molecule has 3 amide bonds. The van der Waals surface area contributed by atoms with E-state index < -0.39 is 16.9 Å². The lowest BCUT2D eigenvalue weighted by Gasteiger charge is -2.52. The minimum absolute atomic E-state index is 0.0679. The van der Waals surface area contributed by atoms with Crippen LogP contribution in [0.15, 0.2) is 30.3 Å². The monoisotopic (exact) mass is 456 g/mol. The van der Waals surface area contributed by atoms with Gasteiger partial charge < -0.3 is 20.6 Å². The topological polar surface area (TPSA) is 90.1 Å². The molecule has 3 N–H and O–H groups in total. The van der Waals surface area contributed by atoms with Crippen LogP contribution in [0.1, 0.15) is 64.4 Å². The van der Waals surface area contributed by atoms with Crippen molar-refractivity contribution in [2.24, 2.45) is 11.1 Å². The molecular weight excluding hydrogens is 416 g/mol. The lowest BCUT2D eigenvalue weighted by Crippen LogP contribution is -2.59. The molecule has 4 rings (SSSR count). The van der Waals surface area contributed by atoms with Gasteiger partial charge in [-0.15, -0.1) is 0 Å². The number of rotatable bonds is 7. The summed E-state index contributed by atoms with van der Waals surface area (Å²) in [5, 5.41) is 11.0. The van der Waals surface area contributed by atoms with Crippen molar-refractivity contribution in [3.05, 3.63) is 35.9 Å². The standard InChI is InChI=1S/C26H40N4O3/c1-23(2,21(27)31)17-29-18-24(30(22(29)32)19-25(33)11-8-12-25)13-15-26(16-14-24,28(3)4)20-9-6-5-7-10-20/h5-7,9-10,33H,8,11-19H2,1-4H3,(H2,27,31)/t24-,26+. The summed E-state index contributed by atoms with van der Waals surface area (Å²) >= 11 is 0. The molecule has 1 aliphatic heterocycles. The van der Waals surface area contributed by atoms with E-state index in [1.54, 1.807) is 18.7 Å². The van der Waals surface area contributed by atoms with Crippen LogP contribution < -0.4 is 5.73 Å². The van der Waals surface area contributed by atoms with Crippen LogP contribution in [0.2, 0.25) is 0 Å². The number of primary amides is 1. The summed E-state index contributed by atoms with van der Waals surface area (Å²) in [6.45, 7) is 4.85. The number of urea groups is 1. The SMILES string of the molecule is CN(C)[C@]1(c2ccccc2)CC[C@]2(CC1)CN(CC(C)(C)C(N)=O)C(=O)N2CC1(O)CCC1. The van der Waals surface area contributed by atoms with Gasteiger partial charge in [-0.25, -0.2) is 4.79 Å². The first-order valence-electron chi connectivity index (χ1n) is 12.3. The van der Waals surface area contributed by atoms with E-state index in [2.05, 4.69) is 43.3 Å². The minimum atomic E-state index is -0.799. The van der Waals surface area contributed by atoms with Crippen LogP contribution in [-0.2, 0) is 10.3 Å². The second kappa shape index (κ2) is 8.27. The van der Waals surface area contributed by atoms with Gasteiger partial charge in [0.2, 0.25) is 5.91 Å². The lowest BCUT2D eigenvalue weighted by atomic mass is 9.67. The van der Waals surface area contributed by atoms with Gasteiger partial charge >= 0.3 is 6.03 Å². The Labute approximate surface area is 197 Å². The number of amides is 3. The van der Waals surface area contributed by atoms with Crippen LogP contribution >= 0.6 is 0 Å². The van der Waals surface area contributed by atoms with Crippen LogP contribution in [0.5, 0.6) is 0 Å². The normalized spacial score (nSPS) is 29.6. The van der Waals surface area contributed by atoms with Crippen LogP contribution in [0.4, 0.5) is 4.79 Å². The molecule has 1 aromatic carbocycles. The lowest BCUT2D eigenvalue weighted by molar-refractivity contribution is -0.126. The van der Waals surface area contributed by atoms with Crippen LogP contribution in [0.3, 0.4) is 0 Å². The van der Waals surface area contributed by atoms with E-state index >= 15 is 0 Å². The highest BCUT2D eigenvalue weighted by Crippen LogP contribution is 2.50. The highest BCUT2D eigenvalue weighted by Gasteiger charge is 2.57. The predicted octanol–water partition coefficient (Wildman–Crippen LogP) is 2.92. The quantitative estimate of drug-likeness (QED) is 0.660. The number of β-amino-alcohol motifs (C(OH)–C–C–N with tert-alkyl or cyclic N) is 1. The zero-order chi connectivity index (χ0) is 24.1. The predicted molar refractivity (Wildman–Crippen MR) is 128 cm³/mol. The third-order valence-electron chi connectivity index (χ3n) is 8.72. The van der Waals surface area contributed by atoms with Gasteiger partial charge in [0.1, 0.15) is 0 Å². The summed E-state index contributed by atoms with van der Waals surface area (Å²) in [6.07, 6.45) is 6.06. The van der Waals surface area contributed by atoms with Gasteiger partial charge in [-0.2, -0.15) is 0 Å². The number of aliphatic hydroxyl groups is 1. The summed E-state index contributed by atoms with van der Waals surface area (Å²) in [4.78, 5) is 31.7. The van der Waals surface area contributed by atoms with Gasteiger partial charge in [0.15, 0.2) is 0 Å². The molecule has 0 radical (unpaired) electrons. The molecule has 1 saturated heterocycles. The van der Waals surface area contributed by atoms with Crippen molar-refractivity contribution in [1.82, 2.24) is 14.7 Å². The summed E-state index contributed by atoms with van der Waals surface area (Å²) in [6, 6.07) is 10.6. The van der Waals surface area contributed by atoms with Gasteiger partial charge in [0.25, 0.3) is 0 Å². The number of hydrogen-bond acceptors (Lipinski definition) is 4. The van der Waals surface area contributed by atoms with E-state index in [1.165, 1.54) is 5.56 Å². The molecule has 2 saturated carbocycles. The Bertz CT molecular complexity index is 886. The van der Waals surface area contributed by atoms with E-state index in [4.69, 9.17) is 5.73 Å². The van der Waals surface area contributed by atoms with E-state index in [0.29, 0.717) is 19.6 Å². The molecule has 0 unspecified atom stereocenters. The zero-order valence-corrected chi connectivity index (χ0v) is 20.6. The Hall–Kier alpha value is -2.12. The first-order chi connectivity index (χ1) is 15.4. The third-order valence-corrected chi connectivity index (χ3v) is 8.72. The summed E-state index contributed by atoms with van der Waals surface area (Å²) in [5.74, 6) is -0.403. The van der Waals surface area contributed by atoms with E-state index in [1.807, 2.05) is 11.0 Å². The molecular formula is C26H40N4O3. The molecule has 7 nitrogen and oxygen atoms in total. The molecule has 182 valence electrons. The molecule has 33 heavy (non-hydrogen) atoms. The highest BCUT2D eigenvalue weighted by atomic mass is 16.3. The number of carbonyl (C=O) groups excluding carboxylic acids is 2. The molecule has 2 aliphatic carbocycles. The van der Waals surface area contributed by atoms with Gasteiger partial charge in [-0.1, -0.05) is 30.3 Å². The average molecular weight is 457 g/mol. The van der Waals surface area contributed by atoms with Crippen LogP contribution in [0, 0.1) is 5.41 Å². The summed E-state index contributed by atoms with van der Waals surface area (Å²) in [7, 11) is 4.28. The maximum absolute atomic E-state index is 13.6. The second-order valence-corrected chi connectivity index (χ2v) is 11.6. The molecule has 1 heterocycles. The molecule has 0 aromatic heterocycles. The van der Waals surface area contributed by atoms with Gasteiger partial charge in [0.05, 0.1) is 23.1 Å². The number of carbonyl (C=O) groups is 2. The maximum atomic E-state index is 13.6. The Morgan fingerprint density at radius 3 is 2.18 bits per heavy atom. The number of nitrogens with zero attached hydrogens (tertiary/aromatic N) is 3. The number of nitrogens with two attached hydrogens (primary N) is 1. The first kappa shape index (κ1) is 24.0. The Morgan fingerprint density at radius 1 is 1.09 bits per heavy atom.